The molecule has 0 amide bonds. The Labute approximate surface area is 94.0 Å². The molecule has 0 aromatic rings. The second-order valence-electron chi connectivity index (χ2n) is 4.92. The standard InChI is InChI=1S/C12H25N3/c1-2-13(11-14-7-3-4-8-14)12-15-9-5-6-10-15/h2-12H2,1H3. The van der Waals surface area contributed by atoms with Crippen molar-refractivity contribution < 1.29 is 0 Å². The Kier molecular flexibility index (Phi) is 4.42. The van der Waals surface area contributed by atoms with Crippen LogP contribution in [0.1, 0.15) is 32.6 Å². The van der Waals surface area contributed by atoms with E-state index in [1.54, 1.807) is 0 Å². The maximum absolute atomic E-state index is 2.60. The SMILES string of the molecule is CCN(CN1CCCC1)CN1CCCC1. The van der Waals surface area contributed by atoms with Gasteiger partial charge in [0.25, 0.3) is 0 Å². The van der Waals surface area contributed by atoms with Gasteiger partial charge in [0, 0.05) is 0 Å². The van der Waals surface area contributed by atoms with E-state index >= 15 is 0 Å². The average Bonchev–Trinajstić information content (AvgIpc) is 2.89. The third kappa shape index (κ3) is 3.44. The predicted molar refractivity (Wildman–Crippen MR) is 63.7 cm³/mol. The van der Waals surface area contributed by atoms with Crippen LogP contribution in [0.25, 0.3) is 0 Å². The minimum Gasteiger partial charge on any atom is -0.290 e. The zero-order chi connectivity index (χ0) is 10.5. The van der Waals surface area contributed by atoms with Crippen LogP contribution in [0.4, 0.5) is 0 Å². The molecule has 2 fully saturated rings. The lowest BCUT2D eigenvalue weighted by Gasteiger charge is -2.30. The summed E-state index contributed by atoms with van der Waals surface area (Å²) in [6.45, 7) is 11.1. The third-order valence-corrected chi connectivity index (χ3v) is 3.64. The van der Waals surface area contributed by atoms with Crippen LogP contribution in [-0.2, 0) is 0 Å². The molecule has 0 aliphatic carbocycles. The van der Waals surface area contributed by atoms with Crippen LogP contribution in [0.15, 0.2) is 0 Å². The Morgan fingerprint density at radius 2 is 1.20 bits per heavy atom. The molecule has 2 saturated heterocycles. The summed E-state index contributed by atoms with van der Waals surface area (Å²) < 4.78 is 0. The van der Waals surface area contributed by atoms with Crippen molar-refractivity contribution in [2.75, 3.05) is 46.1 Å². The molecule has 88 valence electrons. The molecule has 2 rings (SSSR count). The summed E-state index contributed by atoms with van der Waals surface area (Å²) >= 11 is 0. The van der Waals surface area contributed by atoms with E-state index < -0.39 is 0 Å². The third-order valence-electron chi connectivity index (χ3n) is 3.64. The number of rotatable bonds is 5. The monoisotopic (exact) mass is 211 g/mol. The summed E-state index contributed by atoms with van der Waals surface area (Å²) in [7, 11) is 0. The summed E-state index contributed by atoms with van der Waals surface area (Å²) in [5.74, 6) is 0. The summed E-state index contributed by atoms with van der Waals surface area (Å²) in [6, 6.07) is 0. The Bertz CT molecular complexity index is 154. The van der Waals surface area contributed by atoms with E-state index in [9.17, 15) is 0 Å². The lowest BCUT2D eigenvalue weighted by molar-refractivity contribution is 0.0971. The van der Waals surface area contributed by atoms with Crippen LogP contribution >= 0.6 is 0 Å². The van der Waals surface area contributed by atoms with E-state index in [1.807, 2.05) is 0 Å². The molecule has 0 unspecified atom stereocenters. The lowest BCUT2D eigenvalue weighted by atomic mass is 10.4. The smallest absolute Gasteiger partial charge is 0.0517 e. The van der Waals surface area contributed by atoms with Crippen LogP contribution in [0.5, 0.6) is 0 Å². The van der Waals surface area contributed by atoms with Gasteiger partial charge >= 0.3 is 0 Å². The van der Waals surface area contributed by atoms with E-state index in [-0.39, 0.29) is 0 Å². The minimum absolute atomic E-state index is 1.19. The first-order valence-corrected chi connectivity index (χ1v) is 6.55. The Balaban J connectivity index is 1.70. The largest absolute Gasteiger partial charge is 0.290 e. The number of likely N-dealkylation sites (tertiary alicyclic amines) is 2. The van der Waals surface area contributed by atoms with Gasteiger partial charge in [0.2, 0.25) is 0 Å². The van der Waals surface area contributed by atoms with Gasteiger partial charge in [-0.1, -0.05) is 6.92 Å². The van der Waals surface area contributed by atoms with Crippen LogP contribution in [0.2, 0.25) is 0 Å². The molecule has 2 aliphatic heterocycles. The topological polar surface area (TPSA) is 9.72 Å². The maximum Gasteiger partial charge on any atom is 0.0517 e. The Hall–Kier alpha value is -0.120. The number of hydrogen-bond acceptors (Lipinski definition) is 3. The highest BCUT2D eigenvalue weighted by Crippen LogP contribution is 2.11. The van der Waals surface area contributed by atoms with Crippen molar-refractivity contribution >= 4 is 0 Å². The van der Waals surface area contributed by atoms with Crippen molar-refractivity contribution in [1.29, 1.82) is 0 Å². The van der Waals surface area contributed by atoms with Gasteiger partial charge < -0.3 is 0 Å². The van der Waals surface area contributed by atoms with Gasteiger partial charge in [0.1, 0.15) is 0 Å². The predicted octanol–water partition coefficient (Wildman–Crippen LogP) is 1.41. The molecular formula is C12H25N3. The van der Waals surface area contributed by atoms with Crippen LogP contribution in [0, 0.1) is 0 Å². The Morgan fingerprint density at radius 3 is 1.53 bits per heavy atom. The van der Waals surface area contributed by atoms with Crippen molar-refractivity contribution in [3.8, 4) is 0 Å². The van der Waals surface area contributed by atoms with Gasteiger partial charge in [-0.3, -0.25) is 14.7 Å². The molecule has 0 radical (unpaired) electrons. The molecule has 0 saturated carbocycles. The molecule has 0 aromatic carbocycles. The zero-order valence-corrected chi connectivity index (χ0v) is 10.1. The van der Waals surface area contributed by atoms with Gasteiger partial charge in [-0.15, -0.1) is 0 Å². The van der Waals surface area contributed by atoms with Gasteiger partial charge in [-0.2, -0.15) is 0 Å². The van der Waals surface area contributed by atoms with Crippen LogP contribution in [-0.4, -0.2) is 60.8 Å². The van der Waals surface area contributed by atoms with Gasteiger partial charge in [-0.25, -0.2) is 0 Å². The highest BCUT2D eigenvalue weighted by Gasteiger charge is 2.18. The van der Waals surface area contributed by atoms with E-state index in [1.165, 1.54) is 71.7 Å². The first kappa shape index (κ1) is 11.4. The average molecular weight is 211 g/mol. The second-order valence-corrected chi connectivity index (χ2v) is 4.92. The van der Waals surface area contributed by atoms with Crippen molar-refractivity contribution in [3.63, 3.8) is 0 Å². The summed E-state index contributed by atoms with van der Waals surface area (Å²) in [6.07, 6.45) is 5.62. The molecule has 0 bridgehead atoms. The first-order chi connectivity index (χ1) is 7.38. The normalized spacial score (nSPS) is 24.4. The minimum atomic E-state index is 1.19. The molecule has 0 spiro atoms. The van der Waals surface area contributed by atoms with E-state index in [4.69, 9.17) is 0 Å². The maximum atomic E-state index is 2.60. The fraction of sp³-hybridized carbons (Fsp3) is 1.00. The fourth-order valence-electron chi connectivity index (χ4n) is 2.66. The van der Waals surface area contributed by atoms with Gasteiger partial charge in [-0.05, 0) is 58.4 Å². The summed E-state index contributed by atoms with van der Waals surface area (Å²) in [4.78, 5) is 7.77. The molecule has 3 nitrogen and oxygen atoms in total. The van der Waals surface area contributed by atoms with Crippen LogP contribution in [0.3, 0.4) is 0 Å². The number of nitrogens with zero attached hydrogens (tertiary/aromatic N) is 3. The number of hydrogen-bond donors (Lipinski definition) is 0. The molecular weight excluding hydrogens is 186 g/mol. The second kappa shape index (κ2) is 5.83. The van der Waals surface area contributed by atoms with Gasteiger partial charge in [0.15, 0.2) is 0 Å². The molecule has 2 aliphatic rings. The fourth-order valence-corrected chi connectivity index (χ4v) is 2.66. The molecule has 0 atom stereocenters. The zero-order valence-electron chi connectivity index (χ0n) is 10.1. The van der Waals surface area contributed by atoms with Gasteiger partial charge in [0.05, 0.1) is 13.3 Å². The summed E-state index contributed by atoms with van der Waals surface area (Å²) in [5, 5.41) is 0. The molecule has 0 N–H and O–H groups in total. The molecule has 0 aromatic heterocycles. The Morgan fingerprint density at radius 1 is 0.800 bits per heavy atom. The van der Waals surface area contributed by atoms with Crippen molar-refractivity contribution in [2.24, 2.45) is 0 Å². The lowest BCUT2D eigenvalue weighted by Crippen LogP contribution is -2.42. The first-order valence-electron chi connectivity index (χ1n) is 6.55. The van der Waals surface area contributed by atoms with Crippen molar-refractivity contribution in [2.45, 2.75) is 32.6 Å². The van der Waals surface area contributed by atoms with Crippen molar-refractivity contribution in [3.05, 3.63) is 0 Å². The van der Waals surface area contributed by atoms with E-state index in [0.717, 1.165) is 0 Å². The van der Waals surface area contributed by atoms with E-state index in [0.29, 0.717) is 0 Å². The summed E-state index contributed by atoms with van der Waals surface area (Å²) in [5.41, 5.74) is 0. The molecule has 2 heterocycles. The van der Waals surface area contributed by atoms with Crippen molar-refractivity contribution in [1.82, 2.24) is 14.7 Å². The van der Waals surface area contributed by atoms with Crippen LogP contribution < -0.4 is 0 Å². The molecule has 3 heteroatoms. The van der Waals surface area contributed by atoms with E-state index in [2.05, 4.69) is 21.6 Å². The molecule has 15 heavy (non-hydrogen) atoms. The quantitative estimate of drug-likeness (QED) is 0.681. The highest BCUT2D eigenvalue weighted by molar-refractivity contribution is 4.69. The highest BCUT2D eigenvalue weighted by atomic mass is 15.4.